The number of nitrogens with two attached hydrogens (primary N) is 1. The second-order valence-electron chi connectivity index (χ2n) is 6.06. The van der Waals surface area contributed by atoms with Crippen molar-refractivity contribution >= 4 is 12.1 Å². The molecule has 0 saturated heterocycles. The summed E-state index contributed by atoms with van der Waals surface area (Å²) in [6.07, 6.45) is 4.71. The summed E-state index contributed by atoms with van der Waals surface area (Å²) in [5.41, 5.74) is 7.63. The minimum Gasteiger partial charge on any atom is -0.507 e. The van der Waals surface area contributed by atoms with Crippen LogP contribution in [-0.4, -0.2) is 21.6 Å². The molecule has 1 fully saturated rings. The van der Waals surface area contributed by atoms with Crippen molar-refractivity contribution in [3.8, 4) is 28.8 Å². The van der Waals surface area contributed by atoms with Gasteiger partial charge in [0.2, 0.25) is 0 Å². The van der Waals surface area contributed by atoms with Crippen LogP contribution in [0.15, 0.2) is 30.3 Å². The first-order valence-corrected chi connectivity index (χ1v) is 8.05. The van der Waals surface area contributed by atoms with Gasteiger partial charge < -0.3 is 15.6 Å². The monoisotopic (exact) mass is 321 g/mol. The van der Waals surface area contributed by atoms with Crippen LogP contribution in [0.5, 0.6) is 5.75 Å². The Bertz CT molecular complexity index is 800. The van der Waals surface area contributed by atoms with E-state index in [1.165, 1.54) is 0 Å². The maximum atomic E-state index is 10.8. The number of rotatable bonds is 2. The molecule has 1 aliphatic rings. The summed E-state index contributed by atoms with van der Waals surface area (Å²) >= 11 is 0. The molecular formula is C19H19N3O2. The van der Waals surface area contributed by atoms with Crippen molar-refractivity contribution in [3.05, 3.63) is 35.9 Å². The van der Waals surface area contributed by atoms with Crippen molar-refractivity contribution in [2.24, 2.45) is 11.8 Å². The lowest BCUT2D eigenvalue weighted by Crippen LogP contribution is -2.14. The van der Waals surface area contributed by atoms with Crippen molar-refractivity contribution < 1.29 is 9.90 Å². The molecular weight excluding hydrogens is 302 g/mol. The fourth-order valence-corrected chi connectivity index (χ4v) is 2.90. The summed E-state index contributed by atoms with van der Waals surface area (Å²) in [7, 11) is 0. The molecule has 1 saturated carbocycles. The van der Waals surface area contributed by atoms with Gasteiger partial charge in [-0.3, -0.25) is 0 Å². The number of nitrogens with zero attached hydrogens (tertiary/aromatic N) is 2. The molecule has 5 heteroatoms. The van der Waals surface area contributed by atoms with Crippen LogP contribution in [0.25, 0.3) is 11.3 Å². The number of hydrogen-bond acceptors (Lipinski definition) is 5. The third kappa shape index (κ3) is 3.54. The molecule has 24 heavy (non-hydrogen) atoms. The number of hydrogen-bond donors (Lipinski definition) is 2. The van der Waals surface area contributed by atoms with Gasteiger partial charge in [-0.2, -0.15) is 0 Å². The normalized spacial score (nSPS) is 20.0. The number of benzene rings is 1. The molecule has 122 valence electrons. The van der Waals surface area contributed by atoms with Gasteiger partial charge in [0.05, 0.1) is 11.3 Å². The Balaban J connectivity index is 1.82. The first-order chi connectivity index (χ1) is 11.7. The van der Waals surface area contributed by atoms with Crippen molar-refractivity contribution in [2.75, 3.05) is 5.73 Å². The Morgan fingerprint density at radius 2 is 1.92 bits per heavy atom. The number of carbonyl (C=O) groups excluding carboxylic acids is 1. The van der Waals surface area contributed by atoms with E-state index in [1.807, 2.05) is 6.07 Å². The molecule has 3 N–H and O–H groups in total. The predicted octanol–water partition coefficient (Wildman–Crippen LogP) is 2.79. The minimum absolute atomic E-state index is 0.141. The Kier molecular flexibility index (Phi) is 4.76. The molecule has 0 atom stereocenters. The van der Waals surface area contributed by atoms with Crippen LogP contribution in [0.3, 0.4) is 0 Å². The van der Waals surface area contributed by atoms with Crippen LogP contribution >= 0.6 is 0 Å². The van der Waals surface area contributed by atoms with Crippen LogP contribution in [0.1, 0.15) is 31.2 Å². The number of aromatic hydroxyl groups is 1. The molecule has 5 nitrogen and oxygen atoms in total. The molecule has 0 spiro atoms. The first kappa shape index (κ1) is 16.0. The molecule has 2 aromatic rings. The summed E-state index contributed by atoms with van der Waals surface area (Å²) in [5.74, 6) is 7.22. The van der Waals surface area contributed by atoms with E-state index < -0.39 is 0 Å². The van der Waals surface area contributed by atoms with Crippen LogP contribution in [0.2, 0.25) is 0 Å². The Hall–Kier alpha value is -2.87. The highest BCUT2D eigenvalue weighted by atomic mass is 16.3. The van der Waals surface area contributed by atoms with Gasteiger partial charge in [-0.25, -0.2) is 0 Å². The van der Waals surface area contributed by atoms with Gasteiger partial charge >= 0.3 is 0 Å². The number of aromatic nitrogens is 2. The van der Waals surface area contributed by atoms with Gasteiger partial charge in [0.1, 0.15) is 12.0 Å². The molecule has 0 unspecified atom stereocenters. The number of phenols is 1. The molecule has 0 amide bonds. The zero-order valence-electron chi connectivity index (χ0n) is 13.3. The van der Waals surface area contributed by atoms with Gasteiger partial charge in [-0.05, 0) is 43.9 Å². The van der Waals surface area contributed by atoms with Crippen molar-refractivity contribution in [1.82, 2.24) is 10.2 Å². The SMILES string of the molecule is Nc1nnc(-c2ccccc2O)cc1C#CC1CCC(C=O)CC1. The van der Waals surface area contributed by atoms with E-state index in [0.717, 1.165) is 32.0 Å². The molecule has 1 aromatic carbocycles. The van der Waals surface area contributed by atoms with E-state index in [2.05, 4.69) is 22.0 Å². The number of aldehydes is 1. The fourth-order valence-electron chi connectivity index (χ4n) is 2.90. The molecule has 0 aliphatic heterocycles. The summed E-state index contributed by atoms with van der Waals surface area (Å²) in [6, 6.07) is 8.70. The van der Waals surface area contributed by atoms with E-state index in [4.69, 9.17) is 5.73 Å². The third-order valence-electron chi connectivity index (χ3n) is 4.38. The van der Waals surface area contributed by atoms with Gasteiger partial charge in [0, 0.05) is 17.4 Å². The number of phenolic OH excluding ortho intramolecular Hbond substituents is 1. The lowest BCUT2D eigenvalue weighted by Gasteiger charge is -2.21. The predicted molar refractivity (Wildman–Crippen MR) is 91.9 cm³/mol. The third-order valence-corrected chi connectivity index (χ3v) is 4.38. The Labute approximate surface area is 140 Å². The molecule has 1 heterocycles. The average Bonchev–Trinajstić information content (AvgIpc) is 2.62. The highest BCUT2D eigenvalue weighted by Gasteiger charge is 2.19. The van der Waals surface area contributed by atoms with E-state index in [9.17, 15) is 9.90 Å². The maximum Gasteiger partial charge on any atom is 0.161 e. The van der Waals surface area contributed by atoms with Crippen LogP contribution in [-0.2, 0) is 4.79 Å². The lowest BCUT2D eigenvalue weighted by molar-refractivity contribution is -0.112. The van der Waals surface area contributed by atoms with E-state index in [-0.39, 0.29) is 23.4 Å². The summed E-state index contributed by atoms with van der Waals surface area (Å²) in [5, 5.41) is 17.9. The van der Waals surface area contributed by atoms with Gasteiger partial charge in [-0.15, -0.1) is 10.2 Å². The summed E-state index contributed by atoms with van der Waals surface area (Å²) in [6.45, 7) is 0. The minimum atomic E-state index is 0.141. The highest BCUT2D eigenvalue weighted by molar-refractivity contribution is 5.69. The van der Waals surface area contributed by atoms with Crippen molar-refractivity contribution in [3.63, 3.8) is 0 Å². The summed E-state index contributed by atoms with van der Waals surface area (Å²) < 4.78 is 0. The van der Waals surface area contributed by atoms with Crippen molar-refractivity contribution in [1.29, 1.82) is 0 Å². The van der Waals surface area contributed by atoms with Crippen LogP contribution in [0, 0.1) is 23.7 Å². The van der Waals surface area contributed by atoms with Crippen molar-refractivity contribution in [2.45, 2.75) is 25.7 Å². The topological polar surface area (TPSA) is 89.1 Å². The Morgan fingerprint density at radius 1 is 1.17 bits per heavy atom. The standard InChI is InChI=1S/C19H19N3O2/c20-19-15(10-9-13-5-7-14(12-23)8-6-13)11-17(21-22-19)16-3-1-2-4-18(16)24/h1-4,11-14,24H,5-8H2,(H2,20,22). The van der Waals surface area contributed by atoms with E-state index in [0.29, 0.717) is 16.8 Å². The zero-order valence-corrected chi connectivity index (χ0v) is 13.3. The second-order valence-corrected chi connectivity index (χ2v) is 6.06. The quantitative estimate of drug-likeness (QED) is 0.656. The number of para-hydroxylation sites is 1. The molecule has 1 aliphatic carbocycles. The lowest BCUT2D eigenvalue weighted by atomic mass is 9.83. The fraction of sp³-hybridized carbons (Fsp3) is 0.316. The smallest absolute Gasteiger partial charge is 0.161 e. The van der Waals surface area contributed by atoms with Gasteiger partial charge in [0.25, 0.3) is 0 Å². The summed E-state index contributed by atoms with van der Waals surface area (Å²) in [4.78, 5) is 10.8. The highest BCUT2D eigenvalue weighted by Crippen LogP contribution is 2.29. The molecule has 3 rings (SSSR count). The second kappa shape index (κ2) is 7.14. The number of carbonyl (C=O) groups is 1. The van der Waals surface area contributed by atoms with Crippen LogP contribution in [0.4, 0.5) is 5.82 Å². The molecule has 1 aromatic heterocycles. The maximum absolute atomic E-state index is 10.8. The largest absolute Gasteiger partial charge is 0.507 e. The molecule has 0 bridgehead atoms. The van der Waals surface area contributed by atoms with E-state index >= 15 is 0 Å². The molecule has 0 radical (unpaired) electrons. The average molecular weight is 321 g/mol. The van der Waals surface area contributed by atoms with E-state index in [1.54, 1.807) is 24.3 Å². The van der Waals surface area contributed by atoms with Gasteiger partial charge in [0.15, 0.2) is 5.82 Å². The Morgan fingerprint density at radius 3 is 2.62 bits per heavy atom. The zero-order chi connectivity index (χ0) is 16.9. The number of nitrogen functional groups attached to an aromatic ring is 1. The number of anilines is 1. The first-order valence-electron chi connectivity index (χ1n) is 8.05. The van der Waals surface area contributed by atoms with Crippen LogP contribution < -0.4 is 5.73 Å². The van der Waals surface area contributed by atoms with Gasteiger partial charge in [-0.1, -0.05) is 24.0 Å².